The van der Waals surface area contributed by atoms with Crippen LogP contribution in [0.5, 0.6) is 0 Å². The van der Waals surface area contributed by atoms with Gasteiger partial charge in [0.1, 0.15) is 0 Å². The molecule has 0 amide bonds. The third kappa shape index (κ3) is 4.25. The molecule has 0 atom stereocenters. The van der Waals surface area contributed by atoms with Gasteiger partial charge in [-0.15, -0.1) is 11.3 Å². The fraction of sp³-hybridized carbons (Fsp3) is 0.0588. The first-order valence-electron chi connectivity index (χ1n) is 7.32. The van der Waals surface area contributed by atoms with E-state index in [9.17, 15) is 22.0 Å². The highest BCUT2D eigenvalue weighted by Crippen LogP contribution is 2.35. The van der Waals surface area contributed by atoms with Crippen molar-refractivity contribution >= 4 is 34.3 Å². The molecule has 0 spiro atoms. The van der Waals surface area contributed by atoms with Gasteiger partial charge in [-0.2, -0.15) is 18.3 Å². The average Bonchev–Trinajstić information content (AvgIpc) is 3.10. The minimum atomic E-state index is -5.06. The van der Waals surface area contributed by atoms with Crippen molar-refractivity contribution in [1.82, 2.24) is 4.98 Å². The Morgan fingerprint density at radius 1 is 1.11 bits per heavy atom. The van der Waals surface area contributed by atoms with Crippen molar-refractivity contribution in [3.63, 3.8) is 0 Å². The first kappa shape index (κ1) is 19.2. The van der Waals surface area contributed by atoms with Crippen LogP contribution in [0.15, 0.2) is 46.9 Å². The maximum Gasteiger partial charge on any atom is 0.419 e. The predicted octanol–water partition coefficient (Wildman–Crippen LogP) is 6.21. The quantitative estimate of drug-likeness (QED) is 0.237. The maximum atomic E-state index is 13.9. The Hall–Kier alpha value is -2.52. The number of hydrogen-bond acceptors (Lipinski definition) is 4. The zero-order valence-corrected chi connectivity index (χ0v) is 14.8. The minimum absolute atomic E-state index is 0.318. The molecule has 3 nitrogen and oxygen atoms in total. The van der Waals surface area contributed by atoms with Gasteiger partial charge in [-0.05, 0) is 6.07 Å². The second-order valence-electron chi connectivity index (χ2n) is 5.22. The van der Waals surface area contributed by atoms with Crippen molar-refractivity contribution in [3.05, 3.63) is 69.6 Å². The monoisotopic (exact) mass is 417 g/mol. The van der Waals surface area contributed by atoms with Gasteiger partial charge in [0.2, 0.25) is 5.13 Å². The number of alkyl halides is 3. The van der Waals surface area contributed by atoms with Crippen LogP contribution in [0, 0.1) is 11.6 Å². The maximum absolute atomic E-state index is 13.9. The smallest absolute Gasteiger partial charge is 0.253 e. The summed E-state index contributed by atoms with van der Waals surface area (Å²) in [4.78, 5) is 4.26. The molecule has 0 radical (unpaired) electrons. The molecule has 0 unspecified atom stereocenters. The molecule has 3 aromatic rings. The molecule has 140 valence electrons. The molecule has 0 aliphatic heterocycles. The summed E-state index contributed by atoms with van der Waals surface area (Å²) in [5.74, 6) is -3.77. The summed E-state index contributed by atoms with van der Waals surface area (Å²) in [5.41, 5.74) is 1.69. The number of halogens is 6. The summed E-state index contributed by atoms with van der Waals surface area (Å²) >= 11 is 6.85. The summed E-state index contributed by atoms with van der Waals surface area (Å²) in [7, 11) is 0. The SMILES string of the molecule is Fc1c(C(F)(F)F)cc(Cl)c(C=NNc2nc(-c3ccccc3)cs2)c1F. The van der Waals surface area contributed by atoms with Crippen LogP contribution >= 0.6 is 22.9 Å². The molecule has 2 aromatic carbocycles. The Bertz CT molecular complexity index is 986. The van der Waals surface area contributed by atoms with Crippen molar-refractivity contribution in [1.29, 1.82) is 0 Å². The van der Waals surface area contributed by atoms with E-state index < -0.39 is 34.0 Å². The first-order chi connectivity index (χ1) is 12.8. The van der Waals surface area contributed by atoms with Crippen LogP contribution < -0.4 is 5.43 Å². The molecule has 1 heterocycles. The number of benzene rings is 2. The van der Waals surface area contributed by atoms with Crippen molar-refractivity contribution in [3.8, 4) is 11.3 Å². The average molecular weight is 418 g/mol. The molecule has 1 N–H and O–H groups in total. The number of thiazole rings is 1. The fourth-order valence-electron chi connectivity index (χ4n) is 2.15. The standard InChI is InChI=1S/C17H9ClF5N3S/c18-12-6-11(17(21,22)23)15(20)14(19)10(12)7-24-26-16-25-13(8-27-16)9-4-2-1-3-5-9/h1-8H,(H,25,26). The highest BCUT2D eigenvalue weighted by atomic mass is 35.5. The van der Waals surface area contributed by atoms with Gasteiger partial charge in [-0.1, -0.05) is 41.9 Å². The van der Waals surface area contributed by atoms with E-state index >= 15 is 0 Å². The zero-order chi connectivity index (χ0) is 19.6. The molecule has 3 rings (SSSR count). The molecule has 0 bridgehead atoms. The largest absolute Gasteiger partial charge is 0.419 e. The number of nitrogens with zero attached hydrogens (tertiary/aromatic N) is 2. The summed E-state index contributed by atoms with van der Waals surface area (Å²) < 4.78 is 65.5. The molecule has 0 aliphatic carbocycles. The lowest BCUT2D eigenvalue weighted by Gasteiger charge is -2.11. The molecular formula is C17H9ClF5N3S. The van der Waals surface area contributed by atoms with Gasteiger partial charge < -0.3 is 0 Å². The third-order valence-electron chi connectivity index (χ3n) is 3.43. The Morgan fingerprint density at radius 2 is 1.81 bits per heavy atom. The molecule has 0 saturated carbocycles. The van der Waals surface area contributed by atoms with Crippen molar-refractivity contribution in [2.45, 2.75) is 6.18 Å². The van der Waals surface area contributed by atoms with Gasteiger partial charge in [0, 0.05) is 10.9 Å². The summed E-state index contributed by atoms with van der Waals surface area (Å²) in [6, 6.07) is 9.61. The molecule has 0 aliphatic rings. The van der Waals surface area contributed by atoms with Crippen LogP contribution in [0.3, 0.4) is 0 Å². The molecule has 27 heavy (non-hydrogen) atoms. The van der Waals surface area contributed by atoms with Gasteiger partial charge in [0.05, 0.1) is 28.1 Å². The third-order valence-corrected chi connectivity index (χ3v) is 4.49. The molecule has 0 fully saturated rings. The van der Waals surface area contributed by atoms with Crippen LogP contribution in [0.1, 0.15) is 11.1 Å². The fourth-order valence-corrected chi connectivity index (χ4v) is 3.06. The molecule has 0 saturated heterocycles. The Labute approximate surface area is 159 Å². The summed E-state index contributed by atoms with van der Waals surface area (Å²) in [6.45, 7) is 0. The topological polar surface area (TPSA) is 37.3 Å². The van der Waals surface area contributed by atoms with Crippen LogP contribution in [-0.2, 0) is 6.18 Å². The van der Waals surface area contributed by atoms with E-state index in [1.807, 2.05) is 30.3 Å². The van der Waals surface area contributed by atoms with E-state index in [2.05, 4.69) is 15.5 Å². The number of hydrazone groups is 1. The Balaban J connectivity index is 1.80. The van der Waals surface area contributed by atoms with E-state index in [4.69, 9.17) is 11.6 Å². The second kappa shape index (κ2) is 7.61. The van der Waals surface area contributed by atoms with Gasteiger partial charge in [-0.25, -0.2) is 13.8 Å². The van der Waals surface area contributed by atoms with E-state index in [0.717, 1.165) is 11.8 Å². The minimum Gasteiger partial charge on any atom is -0.253 e. The lowest BCUT2D eigenvalue weighted by molar-refractivity contribution is -0.140. The summed E-state index contributed by atoms with van der Waals surface area (Å²) in [5, 5.41) is 5.18. The van der Waals surface area contributed by atoms with E-state index in [1.165, 1.54) is 11.3 Å². The first-order valence-corrected chi connectivity index (χ1v) is 8.58. The number of anilines is 1. The lowest BCUT2D eigenvalue weighted by atomic mass is 10.1. The number of rotatable bonds is 4. The second-order valence-corrected chi connectivity index (χ2v) is 6.48. The van der Waals surface area contributed by atoms with E-state index in [-0.39, 0.29) is 0 Å². The molecule has 10 heteroatoms. The summed E-state index contributed by atoms with van der Waals surface area (Å²) in [6.07, 6.45) is -4.26. The van der Waals surface area contributed by atoms with Crippen LogP contribution in [0.4, 0.5) is 27.1 Å². The van der Waals surface area contributed by atoms with Crippen molar-refractivity contribution in [2.75, 3.05) is 5.43 Å². The van der Waals surface area contributed by atoms with Gasteiger partial charge in [0.25, 0.3) is 0 Å². The van der Waals surface area contributed by atoms with Crippen LogP contribution in [0.25, 0.3) is 11.3 Å². The number of aromatic nitrogens is 1. The van der Waals surface area contributed by atoms with E-state index in [0.29, 0.717) is 16.9 Å². The van der Waals surface area contributed by atoms with E-state index in [1.54, 1.807) is 5.38 Å². The Kier molecular flexibility index (Phi) is 5.43. The van der Waals surface area contributed by atoms with Crippen molar-refractivity contribution < 1.29 is 22.0 Å². The molecular weight excluding hydrogens is 409 g/mol. The number of nitrogens with one attached hydrogen (secondary N) is 1. The highest BCUT2D eigenvalue weighted by Gasteiger charge is 2.37. The number of hydrogen-bond donors (Lipinski definition) is 1. The lowest BCUT2D eigenvalue weighted by Crippen LogP contribution is -2.11. The van der Waals surface area contributed by atoms with Crippen molar-refractivity contribution in [2.24, 2.45) is 5.10 Å². The van der Waals surface area contributed by atoms with Gasteiger partial charge in [-0.3, -0.25) is 5.43 Å². The van der Waals surface area contributed by atoms with Crippen LogP contribution in [-0.4, -0.2) is 11.2 Å². The zero-order valence-electron chi connectivity index (χ0n) is 13.2. The normalized spacial score (nSPS) is 11.9. The molecule has 1 aromatic heterocycles. The van der Waals surface area contributed by atoms with Gasteiger partial charge >= 0.3 is 6.18 Å². The van der Waals surface area contributed by atoms with Crippen LogP contribution in [0.2, 0.25) is 5.02 Å². The Morgan fingerprint density at radius 3 is 2.48 bits per heavy atom. The van der Waals surface area contributed by atoms with Gasteiger partial charge in [0.15, 0.2) is 11.6 Å². The predicted molar refractivity (Wildman–Crippen MR) is 95.1 cm³/mol. The highest BCUT2D eigenvalue weighted by molar-refractivity contribution is 7.14.